The molecule has 2 rings (SSSR count). The van der Waals surface area contributed by atoms with Crippen molar-refractivity contribution in [2.45, 2.75) is 60.0 Å². The maximum absolute atomic E-state index is 12.4. The summed E-state index contributed by atoms with van der Waals surface area (Å²) in [4.78, 5) is 24.6. The summed E-state index contributed by atoms with van der Waals surface area (Å²) in [6.07, 6.45) is 1.88. The van der Waals surface area contributed by atoms with E-state index < -0.39 is 24.1 Å². The van der Waals surface area contributed by atoms with Crippen LogP contribution in [0.3, 0.4) is 0 Å². The third kappa shape index (κ3) is 4.81. The maximum Gasteiger partial charge on any atom is 0.334 e. The molecule has 0 saturated carbocycles. The van der Waals surface area contributed by atoms with Gasteiger partial charge < -0.3 is 18.9 Å². The molecule has 0 N–H and O–H groups in total. The number of allylic oxidation sites excluding steroid dienone is 2. The molecule has 2 unspecified atom stereocenters. The summed E-state index contributed by atoms with van der Waals surface area (Å²) in [5.74, 6) is -0.249. The number of fused-ring (bicyclic) bond motifs is 1. The smallest absolute Gasteiger partial charge is 0.334 e. The Morgan fingerprint density at radius 1 is 1.04 bits per heavy atom. The van der Waals surface area contributed by atoms with E-state index in [0.717, 1.165) is 11.1 Å². The predicted octanol–water partition coefficient (Wildman–Crippen LogP) is 4.17. The van der Waals surface area contributed by atoms with Crippen LogP contribution in [0.25, 0.3) is 0 Å². The Morgan fingerprint density at radius 3 is 2.21 bits per heavy atom. The number of methoxy groups -OCH3 is 1. The molecule has 2 atom stereocenters. The summed E-state index contributed by atoms with van der Waals surface area (Å²) in [5, 5.41) is 0. The molecule has 0 spiro atoms. The molecule has 6 heteroatoms. The number of hydrogen-bond acceptors (Lipinski definition) is 6. The summed E-state index contributed by atoms with van der Waals surface area (Å²) >= 11 is 0. The van der Waals surface area contributed by atoms with Gasteiger partial charge in [0.1, 0.15) is 11.9 Å². The molecule has 0 aliphatic carbocycles. The Hall–Kier alpha value is -2.60. The zero-order valence-corrected chi connectivity index (χ0v) is 17.3. The van der Waals surface area contributed by atoms with Gasteiger partial charge in [0.2, 0.25) is 0 Å². The first-order valence-corrected chi connectivity index (χ1v) is 9.27. The molecule has 1 aliphatic rings. The van der Waals surface area contributed by atoms with Gasteiger partial charge in [-0.15, -0.1) is 0 Å². The zero-order chi connectivity index (χ0) is 20.8. The van der Waals surface area contributed by atoms with Crippen LogP contribution in [0.15, 0.2) is 35.4 Å². The minimum absolute atomic E-state index is 0.449. The van der Waals surface area contributed by atoms with Crippen LogP contribution in [-0.2, 0) is 37.0 Å². The van der Waals surface area contributed by atoms with Crippen LogP contribution >= 0.6 is 0 Å². The lowest BCUT2D eigenvalue weighted by atomic mass is 9.98. The fourth-order valence-electron chi connectivity index (χ4n) is 2.83. The van der Waals surface area contributed by atoms with Crippen LogP contribution < -0.4 is 4.74 Å². The van der Waals surface area contributed by atoms with Crippen LogP contribution in [0.5, 0.6) is 5.75 Å². The van der Waals surface area contributed by atoms with Gasteiger partial charge in [-0.1, -0.05) is 12.2 Å². The molecule has 0 radical (unpaired) electrons. The number of hydrogen-bond donors (Lipinski definition) is 0. The molecule has 1 heterocycles. The Labute approximate surface area is 166 Å². The van der Waals surface area contributed by atoms with E-state index >= 15 is 0 Å². The Morgan fingerprint density at radius 2 is 1.64 bits per heavy atom. The normalized spacial score (nSPS) is 16.2. The first-order chi connectivity index (χ1) is 13.3. The number of esters is 2. The van der Waals surface area contributed by atoms with Crippen molar-refractivity contribution in [3.05, 3.63) is 52.1 Å². The van der Waals surface area contributed by atoms with Gasteiger partial charge in [-0.05, 0) is 52.3 Å². The monoisotopic (exact) mass is 388 g/mol. The SMILES string of the molecule is CC=C(C)C(=O)OC(C)C(OC(=O)C(C)=CC)c1cc2c(c(OC)c1)COC2. The molecule has 0 aromatic heterocycles. The zero-order valence-electron chi connectivity index (χ0n) is 17.3. The van der Waals surface area contributed by atoms with E-state index in [0.29, 0.717) is 35.7 Å². The van der Waals surface area contributed by atoms with Gasteiger partial charge in [-0.2, -0.15) is 0 Å². The van der Waals surface area contributed by atoms with Gasteiger partial charge in [0, 0.05) is 22.3 Å². The Balaban J connectivity index is 2.40. The molecule has 1 aliphatic heterocycles. The van der Waals surface area contributed by atoms with Crippen LogP contribution in [0.4, 0.5) is 0 Å². The van der Waals surface area contributed by atoms with Crippen molar-refractivity contribution in [1.82, 2.24) is 0 Å². The van der Waals surface area contributed by atoms with Gasteiger partial charge in [-0.3, -0.25) is 0 Å². The lowest BCUT2D eigenvalue weighted by Gasteiger charge is -2.26. The van der Waals surface area contributed by atoms with Crippen molar-refractivity contribution < 1.29 is 28.5 Å². The highest BCUT2D eigenvalue weighted by atomic mass is 16.6. The van der Waals surface area contributed by atoms with Gasteiger partial charge in [0.05, 0.1) is 20.3 Å². The lowest BCUT2D eigenvalue weighted by Crippen LogP contribution is -2.27. The van der Waals surface area contributed by atoms with Gasteiger partial charge in [-0.25, -0.2) is 9.59 Å². The lowest BCUT2D eigenvalue weighted by molar-refractivity contribution is -0.162. The van der Waals surface area contributed by atoms with E-state index in [-0.39, 0.29) is 0 Å². The fourth-order valence-corrected chi connectivity index (χ4v) is 2.83. The fraction of sp³-hybridized carbons (Fsp3) is 0.455. The standard InChI is InChI=1S/C22H28O6/c1-7-13(3)21(23)27-15(5)20(28-22(24)14(4)8-2)16-9-17-11-26-12-18(17)19(10-16)25-6/h7-10,15,20H,11-12H2,1-6H3. The minimum Gasteiger partial charge on any atom is -0.496 e. The van der Waals surface area contributed by atoms with Crippen molar-refractivity contribution in [3.8, 4) is 5.75 Å². The van der Waals surface area contributed by atoms with E-state index in [2.05, 4.69) is 0 Å². The summed E-state index contributed by atoms with van der Waals surface area (Å²) in [6.45, 7) is 9.53. The first kappa shape index (κ1) is 21.7. The van der Waals surface area contributed by atoms with E-state index in [1.165, 1.54) is 0 Å². The summed E-state index contributed by atoms with van der Waals surface area (Å²) in [5.41, 5.74) is 3.61. The van der Waals surface area contributed by atoms with Crippen molar-refractivity contribution in [1.29, 1.82) is 0 Å². The van der Waals surface area contributed by atoms with E-state index in [1.807, 2.05) is 12.1 Å². The topological polar surface area (TPSA) is 71.1 Å². The van der Waals surface area contributed by atoms with E-state index in [9.17, 15) is 9.59 Å². The third-order valence-corrected chi connectivity index (χ3v) is 4.84. The summed E-state index contributed by atoms with van der Waals surface area (Å²) in [7, 11) is 1.58. The van der Waals surface area contributed by atoms with Crippen LogP contribution in [-0.4, -0.2) is 25.2 Å². The number of carbonyl (C=O) groups is 2. The molecule has 0 saturated heterocycles. The van der Waals surface area contributed by atoms with Crippen LogP contribution in [0, 0.1) is 0 Å². The highest BCUT2D eigenvalue weighted by Gasteiger charge is 2.30. The van der Waals surface area contributed by atoms with Gasteiger partial charge in [0.15, 0.2) is 6.10 Å². The average molecular weight is 388 g/mol. The number of rotatable bonds is 7. The number of ether oxygens (including phenoxy) is 4. The van der Waals surface area contributed by atoms with Crippen molar-refractivity contribution >= 4 is 11.9 Å². The van der Waals surface area contributed by atoms with Crippen LogP contribution in [0.1, 0.15) is 57.4 Å². The Kier molecular flexibility index (Phi) is 7.40. The maximum atomic E-state index is 12.4. The molecule has 1 aromatic rings. The van der Waals surface area contributed by atoms with Gasteiger partial charge >= 0.3 is 11.9 Å². The molecule has 6 nitrogen and oxygen atoms in total. The van der Waals surface area contributed by atoms with Crippen molar-refractivity contribution in [2.24, 2.45) is 0 Å². The first-order valence-electron chi connectivity index (χ1n) is 9.27. The molecule has 152 valence electrons. The highest BCUT2D eigenvalue weighted by Crippen LogP contribution is 2.35. The molecule has 0 bridgehead atoms. The van der Waals surface area contributed by atoms with Gasteiger partial charge in [0.25, 0.3) is 0 Å². The summed E-state index contributed by atoms with van der Waals surface area (Å²) in [6, 6.07) is 3.73. The molecular formula is C22H28O6. The second kappa shape index (κ2) is 9.55. The van der Waals surface area contributed by atoms with Crippen LogP contribution in [0.2, 0.25) is 0 Å². The predicted molar refractivity (Wildman–Crippen MR) is 105 cm³/mol. The number of benzene rings is 1. The molecular weight excluding hydrogens is 360 g/mol. The minimum atomic E-state index is -0.782. The molecule has 28 heavy (non-hydrogen) atoms. The molecule has 0 amide bonds. The quantitative estimate of drug-likeness (QED) is 0.516. The number of carbonyl (C=O) groups excluding carboxylic acids is 2. The van der Waals surface area contributed by atoms with Crippen molar-refractivity contribution in [2.75, 3.05) is 7.11 Å². The molecule has 0 fully saturated rings. The Bertz CT molecular complexity index is 805. The highest BCUT2D eigenvalue weighted by molar-refractivity contribution is 5.88. The second-order valence-corrected chi connectivity index (χ2v) is 6.73. The molecule has 1 aromatic carbocycles. The second-order valence-electron chi connectivity index (χ2n) is 6.73. The van der Waals surface area contributed by atoms with Crippen molar-refractivity contribution in [3.63, 3.8) is 0 Å². The van der Waals surface area contributed by atoms with E-state index in [4.69, 9.17) is 18.9 Å². The summed E-state index contributed by atoms with van der Waals surface area (Å²) < 4.78 is 22.3. The third-order valence-electron chi connectivity index (χ3n) is 4.84. The average Bonchev–Trinajstić information content (AvgIpc) is 3.18. The van der Waals surface area contributed by atoms with E-state index in [1.54, 1.807) is 53.9 Å². The largest absolute Gasteiger partial charge is 0.496 e.